The topological polar surface area (TPSA) is 78.9 Å². The first-order chi connectivity index (χ1) is 8.58. The van der Waals surface area contributed by atoms with E-state index in [1.165, 1.54) is 4.88 Å². The maximum Gasteiger partial charge on any atom is 0.128 e. The number of aromatic nitrogens is 2. The minimum atomic E-state index is 0.0370. The third-order valence-electron chi connectivity index (χ3n) is 2.68. The normalized spacial score (nSPS) is 10.3. The highest BCUT2D eigenvalue weighted by Gasteiger charge is 2.08. The zero-order valence-electron chi connectivity index (χ0n) is 10.3. The number of amidine groups is 1. The van der Waals surface area contributed by atoms with Gasteiger partial charge in [0.1, 0.15) is 11.7 Å². The summed E-state index contributed by atoms with van der Waals surface area (Å²) < 4.78 is 0. The van der Waals surface area contributed by atoms with Crippen LogP contribution >= 0.6 is 11.3 Å². The van der Waals surface area contributed by atoms with Crippen molar-refractivity contribution in [2.75, 3.05) is 11.9 Å². The number of nitrogen functional groups attached to an aromatic ring is 1. The summed E-state index contributed by atoms with van der Waals surface area (Å²) in [6.07, 6.45) is 1.62. The van der Waals surface area contributed by atoms with E-state index in [0.717, 1.165) is 18.1 Å². The molecule has 0 atom stereocenters. The Hall–Kier alpha value is -1.95. The van der Waals surface area contributed by atoms with Crippen LogP contribution in [0.15, 0.2) is 23.8 Å². The van der Waals surface area contributed by atoms with Gasteiger partial charge in [0.2, 0.25) is 0 Å². The summed E-state index contributed by atoms with van der Waals surface area (Å²) in [6.45, 7) is 2.79. The van der Waals surface area contributed by atoms with E-state index in [0.29, 0.717) is 5.56 Å². The summed E-state index contributed by atoms with van der Waals surface area (Å²) in [5.74, 6) is 0.891. The number of nitrogens with two attached hydrogens (primary N) is 1. The lowest BCUT2D eigenvalue weighted by atomic mass is 10.2. The monoisotopic (exact) mass is 261 g/mol. The zero-order chi connectivity index (χ0) is 13.1. The van der Waals surface area contributed by atoms with E-state index in [2.05, 4.69) is 9.97 Å². The molecule has 6 heteroatoms. The Bertz CT molecular complexity index is 546. The highest BCUT2D eigenvalue weighted by atomic mass is 32.1. The Balaban J connectivity index is 2.12. The van der Waals surface area contributed by atoms with E-state index in [9.17, 15) is 0 Å². The van der Waals surface area contributed by atoms with Crippen molar-refractivity contribution in [3.05, 3.63) is 40.0 Å². The average Bonchev–Trinajstić information content (AvgIpc) is 2.75. The molecule has 0 saturated carbocycles. The Kier molecular flexibility index (Phi) is 3.57. The summed E-state index contributed by atoms with van der Waals surface area (Å²) in [5, 5.41) is 7.32. The van der Waals surface area contributed by atoms with Gasteiger partial charge in [-0.2, -0.15) is 0 Å². The molecule has 0 radical (unpaired) electrons. The van der Waals surface area contributed by atoms with Crippen molar-refractivity contribution in [3.8, 4) is 0 Å². The van der Waals surface area contributed by atoms with Gasteiger partial charge in [-0.3, -0.25) is 5.41 Å². The van der Waals surface area contributed by atoms with Crippen molar-refractivity contribution in [2.24, 2.45) is 5.73 Å². The number of hydrogen-bond donors (Lipinski definition) is 2. The van der Waals surface area contributed by atoms with Crippen LogP contribution in [0.5, 0.6) is 0 Å². The maximum atomic E-state index is 7.32. The summed E-state index contributed by atoms with van der Waals surface area (Å²) >= 11 is 1.65. The molecule has 0 fully saturated rings. The van der Waals surface area contributed by atoms with Crippen LogP contribution < -0.4 is 10.6 Å². The van der Waals surface area contributed by atoms with Gasteiger partial charge in [0, 0.05) is 23.7 Å². The van der Waals surface area contributed by atoms with E-state index in [4.69, 9.17) is 11.1 Å². The minimum absolute atomic E-state index is 0.0370. The lowest BCUT2D eigenvalue weighted by Crippen LogP contribution is -2.18. The number of nitrogens with one attached hydrogen (secondary N) is 1. The molecule has 0 unspecified atom stereocenters. The molecule has 2 aromatic heterocycles. The predicted octanol–water partition coefficient (Wildman–Crippen LogP) is 1.77. The smallest absolute Gasteiger partial charge is 0.128 e. The first-order valence-electron chi connectivity index (χ1n) is 5.48. The number of aryl methyl sites for hydroxylation is 1. The minimum Gasteiger partial charge on any atom is -0.384 e. The summed E-state index contributed by atoms with van der Waals surface area (Å²) in [5.41, 5.74) is 8.95. The van der Waals surface area contributed by atoms with Crippen molar-refractivity contribution in [1.29, 1.82) is 5.41 Å². The summed E-state index contributed by atoms with van der Waals surface area (Å²) in [4.78, 5) is 11.8. The van der Waals surface area contributed by atoms with E-state index in [-0.39, 0.29) is 5.84 Å². The van der Waals surface area contributed by atoms with Crippen LogP contribution in [0.2, 0.25) is 0 Å². The molecular formula is C12H15N5S. The molecule has 2 rings (SSSR count). The van der Waals surface area contributed by atoms with Crippen LogP contribution in [-0.2, 0) is 6.54 Å². The molecule has 0 aliphatic rings. The van der Waals surface area contributed by atoms with Crippen molar-refractivity contribution in [3.63, 3.8) is 0 Å². The number of anilines is 1. The largest absolute Gasteiger partial charge is 0.384 e. The SMILES string of the molecule is Cc1ncsc1CN(C)c1ccc(C(=N)N)cn1. The van der Waals surface area contributed by atoms with Crippen molar-refractivity contribution < 1.29 is 0 Å². The van der Waals surface area contributed by atoms with E-state index in [1.807, 2.05) is 30.4 Å². The first kappa shape index (κ1) is 12.5. The fourth-order valence-corrected chi connectivity index (χ4v) is 2.38. The van der Waals surface area contributed by atoms with Crippen LogP contribution in [0, 0.1) is 12.3 Å². The maximum absolute atomic E-state index is 7.32. The summed E-state index contributed by atoms with van der Waals surface area (Å²) in [7, 11) is 1.98. The number of hydrogen-bond acceptors (Lipinski definition) is 5. The van der Waals surface area contributed by atoms with E-state index < -0.39 is 0 Å². The molecule has 94 valence electrons. The van der Waals surface area contributed by atoms with Crippen LogP contribution in [-0.4, -0.2) is 22.9 Å². The molecule has 0 amide bonds. The van der Waals surface area contributed by atoms with Gasteiger partial charge in [-0.05, 0) is 19.1 Å². The second kappa shape index (κ2) is 5.14. The van der Waals surface area contributed by atoms with E-state index in [1.54, 1.807) is 23.6 Å². The van der Waals surface area contributed by atoms with Gasteiger partial charge in [-0.15, -0.1) is 11.3 Å². The van der Waals surface area contributed by atoms with Gasteiger partial charge < -0.3 is 10.6 Å². The molecule has 2 heterocycles. The molecule has 18 heavy (non-hydrogen) atoms. The lowest BCUT2D eigenvalue weighted by molar-refractivity contribution is 0.901. The number of pyridine rings is 1. The van der Waals surface area contributed by atoms with Crippen LogP contribution in [0.3, 0.4) is 0 Å². The molecule has 0 saturated heterocycles. The third kappa shape index (κ3) is 2.65. The number of thiazole rings is 1. The molecule has 0 spiro atoms. The third-order valence-corrected chi connectivity index (χ3v) is 3.60. The highest BCUT2D eigenvalue weighted by molar-refractivity contribution is 7.09. The van der Waals surface area contributed by atoms with Crippen LogP contribution in [0.4, 0.5) is 5.82 Å². The van der Waals surface area contributed by atoms with Gasteiger partial charge in [0.05, 0.1) is 17.7 Å². The van der Waals surface area contributed by atoms with Gasteiger partial charge in [-0.25, -0.2) is 9.97 Å². The molecule has 0 bridgehead atoms. The fourth-order valence-electron chi connectivity index (χ4n) is 1.55. The second-order valence-corrected chi connectivity index (χ2v) is 4.98. The molecule has 0 aliphatic heterocycles. The molecule has 0 aromatic carbocycles. The zero-order valence-corrected chi connectivity index (χ0v) is 11.2. The van der Waals surface area contributed by atoms with Gasteiger partial charge >= 0.3 is 0 Å². The fraction of sp³-hybridized carbons (Fsp3) is 0.250. The van der Waals surface area contributed by atoms with Crippen molar-refractivity contribution in [1.82, 2.24) is 9.97 Å². The Labute approximate surface area is 110 Å². The van der Waals surface area contributed by atoms with E-state index >= 15 is 0 Å². The van der Waals surface area contributed by atoms with Gasteiger partial charge in [0.15, 0.2) is 0 Å². The van der Waals surface area contributed by atoms with Crippen LogP contribution in [0.1, 0.15) is 16.1 Å². The Morgan fingerprint density at radius 3 is 2.72 bits per heavy atom. The predicted molar refractivity (Wildman–Crippen MR) is 74.2 cm³/mol. The Morgan fingerprint density at radius 2 is 2.22 bits per heavy atom. The molecule has 2 aromatic rings. The highest BCUT2D eigenvalue weighted by Crippen LogP contribution is 2.18. The summed E-state index contributed by atoms with van der Waals surface area (Å²) in [6, 6.07) is 3.67. The number of nitrogens with zero attached hydrogens (tertiary/aromatic N) is 3. The van der Waals surface area contributed by atoms with Crippen molar-refractivity contribution >= 4 is 23.0 Å². The van der Waals surface area contributed by atoms with Crippen molar-refractivity contribution in [2.45, 2.75) is 13.5 Å². The lowest BCUT2D eigenvalue weighted by Gasteiger charge is -2.17. The molecular weight excluding hydrogens is 246 g/mol. The van der Waals surface area contributed by atoms with Crippen LogP contribution in [0.25, 0.3) is 0 Å². The van der Waals surface area contributed by atoms with Gasteiger partial charge in [0.25, 0.3) is 0 Å². The first-order valence-corrected chi connectivity index (χ1v) is 6.36. The molecule has 5 nitrogen and oxygen atoms in total. The standard InChI is InChI=1S/C12H15N5S/c1-8-10(18-7-16-8)6-17(2)11-4-3-9(5-15-11)12(13)14/h3-5,7H,6H2,1-2H3,(H3,13,14). The van der Waals surface area contributed by atoms with Gasteiger partial charge in [-0.1, -0.05) is 0 Å². The average molecular weight is 261 g/mol. The second-order valence-electron chi connectivity index (χ2n) is 4.04. The quantitative estimate of drug-likeness (QED) is 0.649. The molecule has 0 aliphatic carbocycles. The Morgan fingerprint density at radius 1 is 1.44 bits per heavy atom. The number of rotatable bonds is 4. The molecule has 3 N–H and O–H groups in total.